The van der Waals surface area contributed by atoms with E-state index >= 15 is 0 Å². The minimum Gasteiger partial charge on any atom is -0.508 e. The first kappa shape index (κ1) is 35.9. The van der Waals surface area contributed by atoms with Gasteiger partial charge in [-0.05, 0) is 109 Å². The van der Waals surface area contributed by atoms with Crippen molar-refractivity contribution in [1.29, 1.82) is 0 Å². The van der Waals surface area contributed by atoms with Gasteiger partial charge in [-0.2, -0.15) is 0 Å². The Morgan fingerprint density at radius 2 is 1.63 bits per heavy atom. The lowest BCUT2D eigenvalue weighted by atomic mass is 9.68. The molecule has 2 amide bonds. The van der Waals surface area contributed by atoms with Crippen LogP contribution in [0.25, 0.3) is 6.08 Å². The molecule has 4 atom stereocenters. The second-order valence-corrected chi connectivity index (χ2v) is 13.6. The molecule has 4 N–H and O–H groups in total. The zero-order valence-corrected chi connectivity index (χ0v) is 29.3. The number of aliphatic hydroxyl groups is 2. The van der Waals surface area contributed by atoms with Crippen LogP contribution >= 0.6 is 11.6 Å². The number of nitrogens with one attached hydrogen (secondary N) is 1. The number of amides is 2. The molecule has 0 radical (unpaired) electrons. The van der Waals surface area contributed by atoms with Gasteiger partial charge in [0.15, 0.2) is 0 Å². The minimum atomic E-state index is -0.992. The number of ether oxygens (including phenoxy) is 1. The first-order valence-corrected chi connectivity index (χ1v) is 17.8. The van der Waals surface area contributed by atoms with E-state index in [0.717, 1.165) is 40.9 Å². The van der Waals surface area contributed by atoms with Crippen LogP contribution in [0.5, 0.6) is 11.5 Å². The van der Waals surface area contributed by atoms with E-state index in [4.69, 9.17) is 16.3 Å². The molecule has 1 fully saturated rings. The minimum absolute atomic E-state index is 0.0861. The van der Waals surface area contributed by atoms with E-state index in [9.17, 15) is 24.9 Å². The number of anilines is 3. The summed E-state index contributed by atoms with van der Waals surface area (Å²) in [5.74, 6) is -2.27. The smallest absolute Gasteiger partial charge is 0.238 e. The molecule has 1 heterocycles. The quantitative estimate of drug-likeness (QED) is 0.0769. The van der Waals surface area contributed by atoms with Crippen LogP contribution in [0.4, 0.5) is 17.1 Å². The SMILES string of the molecule is CCC/C(=C\c1ccc(O)cc1Cl)CC[C@@H](O)C1=C(COc2ccccc2)C[C@H]2C(=O)N(c3ccc(Nc4ccccc4)cc3)C(=O)[C@H]2[C@H]1CO. The summed E-state index contributed by atoms with van der Waals surface area (Å²) in [6.45, 7) is 1.78. The Hall–Kier alpha value is -4.89. The normalized spacial score (nSPS) is 19.6. The maximum Gasteiger partial charge on any atom is 0.238 e. The van der Waals surface area contributed by atoms with Crippen molar-refractivity contribution in [1.82, 2.24) is 0 Å². The summed E-state index contributed by atoms with van der Waals surface area (Å²) in [6.07, 6.45) is 3.77. The van der Waals surface area contributed by atoms with Gasteiger partial charge in [0.05, 0.1) is 35.3 Å². The van der Waals surface area contributed by atoms with Gasteiger partial charge in [-0.1, -0.05) is 73.0 Å². The lowest BCUT2D eigenvalue weighted by Crippen LogP contribution is -2.40. The van der Waals surface area contributed by atoms with Crippen molar-refractivity contribution >= 4 is 46.6 Å². The van der Waals surface area contributed by atoms with Crippen molar-refractivity contribution < 1.29 is 29.6 Å². The molecule has 1 saturated heterocycles. The number of para-hydroxylation sites is 2. The Morgan fingerprint density at radius 3 is 2.29 bits per heavy atom. The molecule has 8 nitrogen and oxygen atoms in total. The number of phenolic OH excluding ortho intramolecular Hbond substituents is 1. The van der Waals surface area contributed by atoms with Crippen LogP contribution in [0.2, 0.25) is 5.02 Å². The molecule has 0 bridgehead atoms. The van der Waals surface area contributed by atoms with Crippen LogP contribution < -0.4 is 15.0 Å². The lowest BCUT2D eigenvalue weighted by molar-refractivity contribution is -0.123. The number of nitrogens with zero attached hydrogens (tertiary/aromatic N) is 1. The maximum absolute atomic E-state index is 14.2. The largest absolute Gasteiger partial charge is 0.508 e. The summed E-state index contributed by atoms with van der Waals surface area (Å²) in [5.41, 5.74) is 5.32. The van der Waals surface area contributed by atoms with E-state index in [0.29, 0.717) is 34.9 Å². The summed E-state index contributed by atoms with van der Waals surface area (Å²) in [6, 6.07) is 31.0. The van der Waals surface area contributed by atoms with E-state index < -0.39 is 30.5 Å². The van der Waals surface area contributed by atoms with Crippen molar-refractivity contribution in [3.05, 3.63) is 130 Å². The zero-order valence-electron chi connectivity index (χ0n) is 28.5. The summed E-state index contributed by atoms with van der Waals surface area (Å²) in [7, 11) is 0. The van der Waals surface area contributed by atoms with E-state index in [2.05, 4.69) is 12.2 Å². The van der Waals surface area contributed by atoms with Crippen molar-refractivity contribution in [2.45, 2.75) is 45.1 Å². The highest BCUT2D eigenvalue weighted by Crippen LogP contribution is 2.47. The van der Waals surface area contributed by atoms with Gasteiger partial charge in [-0.25, -0.2) is 0 Å². The summed E-state index contributed by atoms with van der Waals surface area (Å²) < 4.78 is 6.15. The number of aromatic hydroxyl groups is 1. The third kappa shape index (κ3) is 8.20. The van der Waals surface area contributed by atoms with Crippen molar-refractivity contribution in [2.75, 3.05) is 23.4 Å². The summed E-state index contributed by atoms with van der Waals surface area (Å²) >= 11 is 6.40. The number of carbonyl (C=O) groups is 2. The molecule has 0 spiro atoms. The Labute approximate surface area is 303 Å². The molecule has 0 aromatic heterocycles. The van der Waals surface area contributed by atoms with Crippen LogP contribution in [-0.2, 0) is 9.59 Å². The molecule has 51 heavy (non-hydrogen) atoms. The molecule has 9 heteroatoms. The highest BCUT2D eigenvalue weighted by Gasteiger charge is 2.55. The number of halogens is 1. The van der Waals surface area contributed by atoms with Gasteiger partial charge in [0.1, 0.15) is 18.1 Å². The number of hydrogen-bond donors (Lipinski definition) is 4. The van der Waals surface area contributed by atoms with Gasteiger partial charge in [0.25, 0.3) is 0 Å². The van der Waals surface area contributed by atoms with Crippen molar-refractivity contribution in [2.24, 2.45) is 17.8 Å². The second-order valence-electron chi connectivity index (χ2n) is 13.1. The molecular formula is C42H43ClN2O6. The standard InChI is InChI=1S/C42H43ClN2O6/c1-2-9-27(22-28-15-20-33(47)24-37(28)43)14-21-38(48)39-29(26-51-34-12-7-4-8-13-34)23-35-40(36(39)25-46)42(50)45(41(35)49)32-18-16-31(17-19-32)44-30-10-5-3-6-11-30/h3-8,10-13,15-20,22,24,35-36,38,40,44,46-48H,2,9,14,21,23,25-26H2,1H3/b27-22+/t35-,36+,38-,40-/m1/s1. The third-order valence-corrected chi connectivity index (χ3v) is 10.1. The molecule has 4 aromatic carbocycles. The van der Waals surface area contributed by atoms with E-state index in [1.54, 1.807) is 24.3 Å². The number of allylic oxidation sites excluding steroid dienone is 1. The predicted molar refractivity (Wildman–Crippen MR) is 201 cm³/mol. The molecule has 264 valence electrons. The molecule has 0 unspecified atom stereocenters. The molecular weight excluding hydrogens is 664 g/mol. The number of aliphatic hydroxyl groups excluding tert-OH is 2. The van der Waals surface area contributed by atoms with Crippen molar-refractivity contribution in [3.8, 4) is 11.5 Å². The van der Waals surface area contributed by atoms with E-state index in [1.165, 1.54) is 11.0 Å². The highest BCUT2D eigenvalue weighted by atomic mass is 35.5. The topological polar surface area (TPSA) is 119 Å². The second kappa shape index (κ2) is 16.4. The fourth-order valence-corrected chi connectivity index (χ4v) is 7.57. The Morgan fingerprint density at radius 1 is 0.941 bits per heavy atom. The summed E-state index contributed by atoms with van der Waals surface area (Å²) in [4.78, 5) is 29.4. The van der Waals surface area contributed by atoms with Gasteiger partial charge >= 0.3 is 0 Å². The average molecular weight is 707 g/mol. The fourth-order valence-electron chi connectivity index (χ4n) is 7.34. The number of fused-ring (bicyclic) bond motifs is 1. The number of carbonyl (C=O) groups excluding carboxylic acids is 2. The van der Waals surface area contributed by atoms with Gasteiger partial charge in [-0.15, -0.1) is 0 Å². The van der Waals surface area contributed by atoms with Crippen LogP contribution in [-0.4, -0.2) is 46.5 Å². The molecule has 4 aromatic rings. The lowest BCUT2D eigenvalue weighted by Gasteiger charge is -2.36. The first-order valence-electron chi connectivity index (χ1n) is 17.4. The number of rotatable bonds is 14. The van der Waals surface area contributed by atoms with Crippen LogP contribution in [0.3, 0.4) is 0 Å². The van der Waals surface area contributed by atoms with Gasteiger partial charge in [-0.3, -0.25) is 14.5 Å². The third-order valence-electron chi connectivity index (χ3n) is 9.74. The number of imide groups is 1. The van der Waals surface area contributed by atoms with E-state index in [-0.39, 0.29) is 30.6 Å². The zero-order chi connectivity index (χ0) is 35.9. The highest BCUT2D eigenvalue weighted by molar-refractivity contribution is 6.32. The van der Waals surface area contributed by atoms with Gasteiger partial charge in [0.2, 0.25) is 11.8 Å². The Bertz CT molecular complexity index is 1890. The maximum atomic E-state index is 14.2. The fraction of sp³-hybridized carbons (Fsp3) is 0.286. The van der Waals surface area contributed by atoms with Crippen molar-refractivity contribution in [3.63, 3.8) is 0 Å². The Kier molecular flexibility index (Phi) is 11.6. The van der Waals surface area contributed by atoms with Crippen LogP contribution in [0.15, 0.2) is 120 Å². The first-order chi connectivity index (χ1) is 24.8. The predicted octanol–water partition coefficient (Wildman–Crippen LogP) is 8.31. The van der Waals surface area contributed by atoms with Gasteiger partial charge in [0, 0.05) is 17.3 Å². The number of hydrogen-bond acceptors (Lipinski definition) is 7. The van der Waals surface area contributed by atoms with Gasteiger partial charge < -0.3 is 25.4 Å². The number of benzene rings is 4. The molecule has 2 aliphatic rings. The van der Waals surface area contributed by atoms with Crippen LogP contribution in [0, 0.1) is 17.8 Å². The molecule has 6 rings (SSSR count). The van der Waals surface area contributed by atoms with E-state index in [1.807, 2.05) is 78.9 Å². The molecule has 1 aliphatic heterocycles. The number of phenols is 1. The van der Waals surface area contributed by atoms with Crippen LogP contribution in [0.1, 0.15) is 44.6 Å². The monoisotopic (exact) mass is 706 g/mol. The summed E-state index contributed by atoms with van der Waals surface area (Å²) in [5, 5.41) is 36.3. The molecule has 1 aliphatic carbocycles. The Balaban J connectivity index is 1.27. The average Bonchev–Trinajstić information content (AvgIpc) is 3.39. The molecule has 0 saturated carbocycles.